The summed E-state index contributed by atoms with van der Waals surface area (Å²) in [6.07, 6.45) is 6.37. The van der Waals surface area contributed by atoms with E-state index in [1.165, 1.54) is 19.3 Å². The minimum atomic E-state index is 0.0699. The van der Waals surface area contributed by atoms with Gasteiger partial charge in [0.25, 0.3) is 0 Å². The second-order valence-electron chi connectivity index (χ2n) is 5.18. The molecule has 0 atom stereocenters. The molecule has 0 saturated heterocycles. The molecule has 1 aromatic carbocycles. The van der Waals surface area contributed by atoms with Crippen molar-refractivity contribution >= 4 is 0 Å². The van der Waals surface area contributed by atoms with Crippen LogP contribution >= 0.6 is 0 Å². The van der Waals surface area contributed by atoms with E-state index in [-0.39, 0.29) is 18.0 Å². The van der Waals surface area contributed by atoms with Crippen LogP contribution in [-0.4, -0.2) is 17.3 Å². The van der Waals surface area contributed by atoms with Crippen molar-refractivity contribution in [2.75, 3.05) is 0 Å². The van der Waals surface area contributed by atoms with Gasteiger partial charge in [0.05, 0.1) is 12.2 Å². The molecule has 18 heavy (non-hydrogen) atoms. The summed E-state index contributed by atoms with van der Waals surface area (Å²) in [6.45, 7) is 3.93. The first kappa shape index (κ1) is 13.1. The molecule has 100 valence electrons. The van der Waals surface area contributed by atoms with Gasteiger partial charge in [-0.25, -0.2) is 0 Å². The van der Waals surface area contributed by atoms with Crippen molar-refractivity contribution in [3.05, 3.63) is 18.2 Å². The van der Waals surface area contributed by atoms with Crippen LogP contribution in [-0.2, 0) is 0 Å². The summed E-state index contributed by atoms with van der Waals surface area (Å²) in [4.78, 5) is 0. The molecule has 1 fully saturated rings. The highest BCUT2D eigenvalue weighted by atomic mass is 16.5. The molecule has 2 rings (SSSR count). The van der Waals surface area contributed by atoms with Gasteiger partial charge in [0.2, 0.25) is 0 Å². The maximum atomic E-state index is 9.52. The maximum absolute atomic E-state index is 9.52. The van der Waals surface area contributed by atoms with Gasteiger partial charge >= 0.3 is 0 Å². The van der Waals surface area contributed by atoms with E-state index in [0.29, 0.717) is 5.75 Å². The molecule has 3 heteroatoms. The van der Waals surface area contributed by atoms with Gasteiger partial charge in [0.1, 0.15) is 5.75 Å². The van der Waals surface area contributed by atoms with Gasteiger partial charge in [-0.05, 0) is 51.7 Å². The van der Waals surface area contributed by atoms with E-state index in [9.17, 15) is 5.11 Å². The van der Waals surface area contributed by atoms with Crippen LogP contribution in [0.2, 0.25) is 0 Å². The molecule has 0 bridgehead atoms. The van der Waals surface area contributed by atoms with Crippen molar-refractivity contribution in [2.24, 2.45) is 0 Å². The van der Waals surface area contributed by atoms with E-state index in [1.807, 2.05) is 13.8 Å². The Kier molecular flexibility index (Phi) is 4.34. The smallest absolute Gasteiger partial charge is 0.165 e. The zero-order valence-corrected chi connectivity index (χ0v) is 11.2. The molecule has 0 unspecified atom stereocenters. The Morgan fingerprint density at radius 2 is 1.83 bits per heavy atom. The summed E-state index contributed by atoms with van der Waals surface area (Å²) in [5.74, 6) is 1.59. The van der Waals surface area contributed by atoms with E-state index in [4.69, 9.17) is 9.47 Å². The Morgan fingerprint density at radius 1 is 1.11 bits per heavy atom. The van der Waals surface area contributed by atoms with E-state index < -0.39 is 0 Å². The number of phenols is 1. The number of ether oxygens (including phenoxy) is 2. The van der Waals surface area contributed by atoms with Gasteiger partial charge in [-0.15, -0.1) is 0 Å². The molecule has 1 aromatic rings. The van der Waals surface area contributed by atoms with E-state index in [1.54, 1.807) is 18.2 Å². The van der Waals surface area contributed by atoms with Crippen molar-refractivity contribution in [1.82, 2.24) is 0 Å². The Labute approximate surface area is 109 Å². The highest BCUT2D eigenvalue weighted by Crippen LogP contribution is 2.34. The van der Waals surface area contributed by atoms with E-state index in [2.05, 4.69) is 0 Å². The fourth-order valence-electron chi connectivity index (χ4n) is 2.30. The number of aromatic hydroxyl groups is 1. The van der Waals surface area contributed by atoms with Gasteiger partial charge in [-0.1, -0.05) is 6.42 Å². The number of hydrogen-bond donors (Lipinski definition) is 1. The summed E-state index contributed by atoms with van der Waals surface area (Å²) in [5, 5.41) is 9.52. The maximum Gasteiger partial charge on any atom is 0.165 e. The third-order valence-corrected chi connectivity index (χ3v) is 3.14. The van der Waals surface area contributed by atoms with Gasteiger partial charge in [-0.3, -0.25) is 0 Å². The predicted octanol–water partition coefficient (Wildman–Crippen LogP) is 3.89. The lowest BCUT2D eigenvalue weighted by Gasteiger charge is -2.24. The second kappa shape index (κ2) is 5.98. The summed E-state index contributed by atoms with van der Waals surface area (Å²) in [7, 11) is 0. The van der Waals surface area contributed by atoms with Crippen LogP contribution in [0.15, 0.2) is 18.2 Å². The Hall–Kier alpha value is -1.38. The lowest BCUT2D eigenvalue weighted by molar-refractivity contribution is 0.142. The van der Waals surface area contributed by atoms with E-state index >= 15 is 0 Å². The summed E-state index contributed by atoms with van der Waals surface area (Å²) >= 11 is 0. The van der Waals surface area contributed by atoms with Crippen LogP contribution in [0.4, 0.5) is 0 Å². The van der Waals surface area contributed by atoms with Crippen LogP contribution in [0.1, 0.15) is 46.0 Å². The standard InChI is InChI=1S/C15H22O3/c1-11(2)17-15-10-12(16)8-9-14(15)18-13-6-4-3-5-7-13/h8-11,13,16H,3-7H2,1-2H3. The average Bonchev–Trinajstić information content (AvgIpc) is 2.33. The quantitative estimate of drug-likeness (QED) is 0.881. The summed E-state index contributed by atoms with van der Waals surface area (Å²) < 4.78 is 11.7. The Balaban J connectivity index is 2.09. The van der Waals surface area contributed by atoms with Gasteiger partial charge in [0.15, 0.2) is 11.5 Å². The summed E-state index contributed by atoms with van der Waals surface area (Å²) in [6, 6.07) is 5.06. The molecule has 0 aliphatic heterocycles. The molecule has 0 spiro atoms. The second-order valence-corrected chi connectivity index (χ2v) is 5.18. The fourth-order valence-corrected chi connectivity index (χ4v) is 2.30. The zero-order valence-electron chi connectivity index (χ0n) is 11.2. The van der Waals surface area contributed by atoms with Crippen molar-refractivity contribution in [1.29, 1.82) is 0 Å². The first-order valence-corrected chi connectivity index (χ1v) is 6.81. The van der Waals surface area contributed by atoms with Crippen molar-refractivity contribution in [2.45, 2.75) is 58.2 Å². The largest absolute Gasteiger partial charge is 0.508 e. The monoisotopic (exact) mass is 250 g/mol. The highest BCUT2D eigenvalue weighted by molar-refractivity contribution is 5.45. The van der Waals surface area contributed by atoms with Gasteiger partial charge < -0.3 is 14.6 Å². The molecular weight excluding hydrogens is 228 g/mol. The average molecular weight is 250 g/mol. The minimum Gasteiger partial charge on any atom is -0.508 e. The van der Waals surface area contributed by atoms with Crippen LogP contribution < -0.4 is 9.47 Å². The third-order valence-electron chi connectivity index (χ3n) is 3.14. The normalized spacial score (nSPS) is 16.8. The Bertz CT molecular complexity index is 381. The lowest BCUT2D eigenvalue weighted by atomic mass is 9.98. The van der Waals surface area contributed by atoms with Crippen LogP contribution in [0.25, 0.3) is 0 Å². The first-order valence-electron chi connectivity index (χ1n) is 6.81. The van der Waals surface area contributed by atoms with Crippen molar-refractivity contribution < 1.29 is 14.6 Å². The molecule has 0 radical (unpaired) electrons. The van der Waals surface area contributed by atoms with E-state index in [0.717, 1.165) is 18.6 Å². The number of rotatable bonds is 4. The zero-order chi connectivity index (χ0) is 13.0. The first-order chi connectivity index (χ1) is 8.65. The molecule has 0 aromatic heterocycles. The highest BCUT2D eigenvalue weighted by Gasteiger charge is 2.17. The molecule has 1 aliphatic rings. The number of phenolic OH excluding ortho intramolecular Hbond substituents is 1. The lowest BCUT2D eigenvalue weighted by Crippen LogP contribution is -2.20. The van der Waals surface area contributed by atoms with Crippen LogP contribution in [0, 0.1) is 0 Å². The SMILES string of the molecule is CC(C)Oc1cc(O)ccc1OC1CCCCC1. The minimum absolute atomic E-state index is 0.0699. The predicted molar refractivity (Wildman–Crippen MR) is 71.4 cm³/mol. The molecule has 0 heterocycles. The van der Waals surface area contributed by atoms with Crippen LogP contribution in [0.3, 0.4) is 0 Å². The van der Waals surface area contributed by atoms with Gasteiger partial charge in [0, 0.05) is 6.07 Å². The van der Waals surface area contributed by atoms with Crippen LogP contribution in [0.5, 0.6) is 17.2 Å². The Morgan fingerprint density at radius 3 is 2.50 bits per heavy atom. The van der Waals surface area contributed by atoms with Gasteiger partial charge in [-0.2, -0.15) is 0 Å². The van der Waals surface area contributed by atoms with Crippen molar-refractivity contribution in [3.8, 4) is 17.2 Å². The molecule has 0 amide bonds. The topological polar surface area (TPSA) is 38.7 Å². The molecule has 3 nitrogen and oxygen atoms in total. The number of benzene rings is 1. The molecule has 1 aliphatic carbocycles. The summed E-state index contributed by atoms with van der Waals surface area (Å²) in [5.41, 5.74) is 0. The van der Waals surface area contributed by atoms with Crippen molar-refractivity contribution in [3.63, 3.8) is 0 Å². The molecular formula is C15H22O3. The molecule has 1 saturated carbocycles. The third kappa shape index (κ3) is 3.56. The molecule has 1 N–H and O–H groups in total. The fraction of sp³-hybridized carbons (Fsp3) is 0.600. The number of hydrogen-bond acceptors (Lipinski definition) is 3.